The van der Waals surface area contributed by atoms with E-state index in [2.05, 4.69) is 5.32 Å². The zero-order valence-corrected chi connectivity index (χ0v) is 8.93. The molecule has 12 heavy (non-hydrogen) atoms. The normalized spacial score (nSPS) is 8.92. The second-order valence-electron chi connectivity index (χ2n) is 2.13. The Bertz CT molecular complexity index is 250. The van der Waals surface area contributed by atoms with Gasteiger partial charge < -0.3 is 5.32 Å². The largest absolute Gasteiger partial charge is 0.384 e. The van der Waals surface area contributed by atoms with Crippen LogP contribution in [0, 0.1) is 0 Å². The second-order valence-corrected chi connectivity index (χ2v) is 2.92. The van der Waals surface area contributed by atoms with Gasteiger partial charge in [0.25, 0.3) is 0 Å². The lowest BCUT2D eigenvalue weighted by Crippen LogP contribution is -1.96. The van der Waals surface area contributed by atoms with Crippen molar-refractivity contribution in [3.05, 3.63) is 28.2 Å². The Morgan fingerprint density at radius 1 is 1.33 bits per heavy atom. The predicted octanol–water partition coefficient (Wildman–Crippen LogP) is 3.85. The standard InChI is InChI=1S/C8H9Cl2N.ClH/c1-2-11-7-5-3-4-6(9)8(7)10;/h3-5,11H,2H2,1H3;1H. The highest BCUT2D eigenvalue weighted by Crippen LogP contribution is 2.29. The molecule has 0 saturated carbocycles. The Labute approximate surface area is 88.5 Å². The summed E-state index contributed by atoms with van der Waals surface area (Å²) in [5, 5.41) is 4.28. The van der Waals surface area contributed by atoms with Crippen LogP contribution in [0.4, 0.5) is 5.69 Å². The first kappa shape index (κ1) is 11.9. The van der Waals surface area contributed by atoms with E-state index in [0.717, 1.165) is 12.2 Å². The van der Waals surface area contributed by atoms with Crippen LogP contribution in [0.25, 0.3) is 0 Å². The summed E-state index contributed by atoms with van der Waals surface area (Å²) >= 11 is 11.7. The SMILES string of the molecule is CCNc1cccc(Cl)c1Cl.Cl. The summed E-state index contributed by atoms with van der Waals surface area (Å²) in [6.45, 7) is 2.86. The second kappa shape index (κ2) is 5.52. The first-order valence-electron chi connectivity index (χ1n) is 3.43. The van der Waals surface area contributed by atoms with E-state index in [-0.39, 0.29) is 12.4 Å². The van der Waals surface area contributed by atoms with Crippen LogP contribution in [0.2, 0.25) is 10.0 Å². The molecule has 1 nitrogen and oxygen atoms in total. The molecule has 0 fully saturated rings. The lowest BCUT2D eigenvalue weighted by Gasteiger charge is -2.05. The summed E-state index contributed by atoms with van der Waals surface area (Å²) in [5.41, 5.74) is 0.890. The first-order valence-corrected chi connectivity index (χ1v) is 4.19. The molecule has 0 spiro atoms. The van der Waals surface area contributed by atoms with Crippen molar-refractivity contribution in [2.75, 3.05) is 11.9 Å². The number of halogens is 3. The third kappa shape index (κ3) is 2.74. The highest BCUT2D eigenvalue weighted by Gasteiger charge is 2.01. The molecule has 0 aliphatic carbocycles. The van der Waals surface area contributed by atoms with Crippen LogP contribution in [-0.2, 0) is 0 Å². The zero-order valence-electron chi connectivity index (χ0n) is 6.60. The van der Waals surface area contributed by atoms with Crippen LogP contribution in [0.1, 0.15) is 6.92 Å². The van der Waals surface area contributed by atoms with Gasteiger partial charge in [0.05, 0.1) is 15.7 Å². The van der Waals surface area contributed by atoms with Crippen LogP contribution >= 0.6 is 35.6 Å². The smallest absolute Gasteiger partial charge is 0.0823 e. The molecular weight excluding hydrogens is 216 g/mol. The molecule has 0 bridgehead atoms. The van der Waals surface area contributed by atoms with Gasteiger partial charge in [-0.15, -0.1) is 12.4 Å². The molecule has 0 atom stereocenters. The van der Waals surface area contributed by atoms with E-state index in [9.17, 15) is 0 Å². The summed E-state index contributed by atoms with van der Waals surface area (Å²) in [6.07, 6.45) is 0. The summed E-state index contributed by atoms with van der Waals surface area (Å²) in [6, 6.07) is 5.54. The maximum Gasteiger partial charge on any atom is 0.0823 e. The Kier molecular flexibility index (Phi) is 5.47. The molecule has 1 aromatic carbocycles. The van der Waals surface area contributed by atoms with Gasteiger partial charge >= 0.3 is 0 Å². The van der Waals surface area contributed by atoms with Crippen molar-refractivity contribution in [3.8, 4) is 0 Å². The number of hydrogen-bond donors (Lipinski definition) is 1. The van der Waals surface area contributed by atoms with Crippen molar-refractivity contribution in [2.24, 2.45) is 0 Å². The Morgan fingerprint density at radius 2 is 2.00 bits per heavy atom. The molecule has 1 rings (SSSR count). The van der Waals surface area contributed by atoms with Crippen molar-refractivity contribution in [2.45, 2.75) is 6.92 Å². The van der Waals surface area contributed by atoms with Gasteiger partial charge in [-0.25, -0.2) is 0 Å². The Hall–Kier alpha value is -0.110. The van der Waals surface area contributed by atoms with Crippen LogP contribution in [0.3, 0.4) is 0 Å². The van der Waals surface area contributed by atoms with Gasteiger partial charge in [0.2, 0.25) is 0 Å². The fraction of sp³-hybridized carbons (Fsp3) is 0.250. The van der Waals surface area contributed by atoms with Gasteiger partial charge in [-0.3, -0.25) is 0 Å². The molecular formula is C8H10Cl3N. The summed E-state index contributed by atoms with van der Waals surface area (Å²) in [5.74, 6) is 0. The summed E-state index contributed by atoms with van der Waals surface area (Å²) in [4.78, 5) is 0. The number of rotatable bonds is 2. The van der Waals surface area contributed by atoms with Crippen LogP contribution in [0.5, 0.6) is 0 Å². The molecule has 4 heteroatoms. The lowest BCUT2D eigenvalue weighted by molar-refractivity contribution is 1.21. The highest BCUT2D eigenvalue weighted by molar-refractivity contribution is 6.43. The van der Waals surface area contributed by atoms with Gasteiger partial charge in [-0.2, -0.15) is 0 Å². The predicted molar refractivity (Wildman–Crippen MR) is 57.9 cm³/mol. The lowest BCUT2D eigenvalue weighted by atomic mass is 10.3. The average Bonchev–Trinajstić information content (AvgIpc) is 1.99. The van der Waals surface area contributed by atoms with Crippen LogP contribution in [-0.4, -0.2) is 6.54 Å². The molecule has 0 heterocycles. The van der Waals surface area contributed by atoms with Gasteiger partial charge in [-0.05, 0) is 19.1 Å². The zero-order chi connectivity index (χ0) is 8.27. The molecule has 0 amide bonds. The van der Waals surface area contributed by atoms with Gasteiger partial charge in [0.1, 0.15) is 0 Å². The van der Waals surface area contributed by atoms with Crippen molar-refractivity contribution < 1.29 is 0 Å². The molecule has 0 unspecified atom stereocenters. The van der Waals surface area contributed by atoms with E-state index in [1.54, 1.807) is 6.07 Å². The minimum Gasteiger partial charge on any atom is -0.384 e. The first-order chi connectivity index (χ1) is 5.25. The van der Waals surface area contributed by atoms with Crippen molar-refractivity contribution in [1.82, 2.24) is 0 Å². The molecule has 1 N–H and O–H groups in total. The molecule has 68 valence electrons. The van der Waals surface area contributed by atoms with E-state index >= 15 is 0 Å². The topological polar surface area (TPSA) is 12.0 Å². The third-order valence-electron chi connectivity index (χ3n) is 1.32. The average molecular weight is 227 g/mol. The number of hydrogen-bond acceptors (Lipinski definition) is 1. The van der Waals surface area contributed by atoms with Gasteiger partial charge in [0.15, 0.2) is 0 Å². The van der Waals surface area contributed by atoms with E-state index < -0.39 is 0 Å². The fourth-order valence-electron chi connectivity index (χ4n) is 0.831. The summed E-state index contributed by atoms with van der Waals surface area (Å²) in [7, 11) is 0. The third-order valence-corrected chi connectivity index (χ3v) is 2.14. The minimum absolute atomic E-state index is 0. The molecule has 0 saturated heterocycles. The van der Waals surface area contributed by atoms with Crippen LogP contribution in [0.15, 0.2) is 18.2 Å². The monoisotopic (exact) mass is 225 g/mol. The maximum absolute atomic E-state index is 5.88. The van der Waals surface area contributed by atoms with E-state index in [0.29, 0.717) is 10.0 Å². The Balaban J connectivity index is 0.00000121. The maximum atomic E-state index is 5.88. The van der Waals surface area contributed by atoms with E-state index in [1.165, 1.54) is 0 Å². The van der Waals surface area contributed by atoms with Crippen molar-refractivity contribution in [3.63, 3.8) is 0 Å². The van der Waals surface area contributed by atoms with Crippen LogP contribution < -0.4 is 5.32 Å². The molecule has 0 aliphatic rings. The molecule has 1 aromatic rings. The summed E-state index contributed by atoms with van der Waals surface area (Å²) < 4.78 is 0. The van der Waals surface area contributed by atoms with E-state index in [4.69, 9.17) is 23.2 Å². The fourth-order valence-corrected chi connectivity index (χ4v) is 1.20. The molecule has 0 radical (unpaired) electrons. The molecule has 0 aliphatic heterocycles. The Morgan fingerprint density at radius 3 is 2.58 bits per heavy atom. The number of nitrogens with one attached hydrogen (secondary N) is 1. The number of benzene rings is 1. The van der Waals surface area contributed by atoms with Crippen molar-refractivity contribution >= 4 is 41.3 Å². The van der Waals surface area contributed by atoms with Crippen molar-refractivity contribution in [1.29, 1.82) is 0 Å². The number of anilines is 1. The van der Waals surface area contributed by atoms with Gasteiger partial charge in [0, 0.05) is 6.54 Å². The van der Waals surface area contributed by atoms with Gasteiger partial charge in [-0.1, -0.05) is 29.3 Å². The quantitative estimate of drug-likeness (QED) is 0.808. The highest BCUT2D eigenvalue weighted by atomic mass is 35.5. The minimum atomic E-state index is 0. The molecule has 0 aromatic heterocycles. The van der Waals surface area contributed by atoms with E-state index in [1.807, 2.05) is 19.1 Å².